The maximum Gasteiger partial charge on any atom is 0.254 e. The van der Waals surface area contributed by atoms with Gasteiger partial charge in [-0.3, -0.25) is 9.48 Å². The second kappa shape index (κ2) is 7.32. The minimum Gasteiger partial charge on any atom is -0.383 e. The van der Waals surface area contributed by atoms with Gasteiger partial charge < -0.3 is 16.0 Å². The fraction of sp³-hybridized carbons (Fsp3) is 0.417. The minimum atomic E-state index is -0.127. The number of nitrogens with one attached hydrogen (secondary N) is 1. The number of nitrogens with zero attached hydrogens (tertiary/aromatic N) is 5. The first-order valence-electron chi connectivity index (χ1n) is 11.4. The van der Waals surface area contributed by atoms with E-state index in [1.165, 1.54) is 6.42 Å². The van der Waals surface area contributed by atoms with Crippen molar-refractivity contribution in [2.75, 3.05) is 23.7 Å². The molecule has 0 bridgehead atoms. The third-order valence-corrected chi connectivity index (χ3v) is 7.31. The van der Waals surface area contributed by atoms with Crippen molar-refractivity contribution in [2.45, 2.75) is 38.3 Å². The number of carbonyl (C=O) groups is 1. The predicted molar refractivity (Wildman–Crippen MR) is 121 cm³/mol. The van der Waals surface area contributed by atoms with E-state index in [1.807, 2.05) is 16.9 Å². The first-order chi connectivity index (χ1) is 15.6. The van der Waals surface area contributed by atoms with Crippen LogP contribution in [0.4, 0.5) is 11.6 Å². The summed E-state index contributed by atoms with van der Waals surface area (Å²) in [6.45, 7) is 4.34. The highest BCUT2D eigenvalue weighted by molar-refractivity contribution is 5.94. The molecule has 3 aliphatic rings. The van der Waals surface area contributed by atoms with Crippen LogP contribution in [0.5, 0.6) is 0 Å². The van der Waals surface area contributed by atoms with Gasteiger partial charge in [-0.2, -0.15) is 5.10 Å². The molecule has 1 saturated carbocycles. The van der Waals surface area contributed by atoms with Crippen molar-refractivity contribution in [1.29, 1.82) is 0 Å². The van der Waals surface area contributed by atoms with Gasteiger partial charge in [0.1, 0.15) is 11.6 Å². The number of hydrogen-bond acceptors (Lipinski definition) is 6. The average Bonchev–Trinajstić information content (AvgIpc) is 3.22. The van der Waals surface area contributed by atoms with Crippen molar-refractivity contribution in [3.05, 3.63) is 65.2 Å². The second-order valence-corrected chi connectivity index (χ2v) is 9.32. The van der Waals surface area contributed by atoms with E-state index in [4.69, 9.17) is 10.7 Å². The molecule has 1 amide bonds. The van der Waals surface area contributed by atoms with E-state index in [0.29, 0.717) is 11.4 Å². The van der Waals surface area contributed by atoms with Crippen LogP contribution in [0.2, 0.25) is 0 Å². The highest BCUT2D eigenvalue weighted by Crippen LogP contribution is 2.45. The van der Waals surface area contributed by atoms with Crippen molar-refractivity contribution in [3.63, 3.8) is 0 Å². The Morgan fingerprint density at radius 1 is 1.19 bits per heavy atom. The molecular formula is C24H27N7O. The predicted octanol–water partition coefficient (Wildman–Crippen LogP) is 2.74. The Bertz CT molecular complexity index is 1160. The average molecular weight is 430 g/mol. The molecule has 3 unspecified atom stereocenters. The molecule has 3 N–H and O–H groups in total. The standard InChI is InChI=1S/C24H27N7O/c1-14(15-2-5-22(27-9-15)30-11-16-8-17(16)12-30)31-13-18(10-28-31)24(32)29-21-4-3-20-19(21)6-7-26-23(20)25/h2,5-7,9-10,13-14,16-17,21H,3-4,8,11-12H2,1H3,(H2,25,26)(H,29,32)/t14?,16?,17?,21-/m1/s1. The van der Waals surface area contributed by atoms with E-state index in [0.717, 1.165) is 60.3 Å². The minimum absolute atomic E-state index is 0.0110. The number of hydrogen-bond donors (Lipinski definition) is 2. The highest BCUT2D eigenvalue weighted by atomic mass is 16.1. The van der Waals surface area contributed by atoms with Crippen LogP contribution >= 0.6 is 0 Å². The largest absolute Gasteiger partial charge is 0.383 e. The Kier molecular flexibility index (Phi) is 4.41. The molecule has 4 atom stereocenters. The van der Waals surface area contributed by atoms with E-state index in [2.05, 4.69) is 39.4 Å². The highest BCUT2D eigenvalue weighted by Gasteiger charge is 2.45. The maximum absolute atomic E-state index is 12.9. The van der Waals surface area contributed by atoms with Gasteiger partial charge in [0.05, 0.1) is 23.8 Å². The van der Waals surface area contributed by atoms with Gasteiger partial charge in [0, 0.05) is 31.7 Å². The van der Waals surface area contributed by atoms with E-state index in [1.54, 1.807) is 18.6 Å². The summed E-state index contributed by atoms with van der Waals surface area (Å²) in [4.78, 5) is 24.1. The Morgan fingerprint density at radius 3 is 2.81 bits per heavy atom. The Hall–Kier alpha value is -3.42. The summed E-state index contributed by atoms with van der Waals surface area (Å²) in [5.41, 5.74) is 9.70. The first-order valence-corrected chi connectivity index (χ1v) is 11.4. The summed E-state index contributed by atoms with van der Waals surface area (Å²) in [5, 5.41) is 7.57. The molecule has 6 rings (SSSR count). The molecule has 3 aromatic heterocycles. The summed E-state index contributed by atoms with van der Waals surface area (Å²) in [6, 6.07) is 6.11. The van der Waals surface area contributed by atoms with Crippen molar-refractivity contribution in [3.8, 4) is 0 Å². The molecule has 1 saturated heterocycles. The number of rotatable bonds is 5. The van der Waals surface area contributed by atoms with Gasteiger partial charge in [-0.05, 0) is 66.8 Å². The van der Waals surface area contributed by atoms with Crippen LogP contribution < -0.4 is 16.0 Å². The Morgan fingerprint density at radius 2 is 2.03 bits per heavy atom. The molecule has 164 valence electrons. The molecule has 2 fully saturated rings. The van der Waals surface area contributed by atoms with Crippen LogP contribution in [0.3, 0.4) is 0 Å². The van der Waals surface area contributed by atoms with Gasteiger partial charge in [0.15, 0.2) is 0 Å². The number of anilines is 2. The van der Waals surface area contributed by atoms with Crippen molar-refractivity contribution in [1.82, 2.24) is 25.1 Å². The maximum atomic E-state index is 12.9. The lowest BCUT2D eigenvalue weighted by atomic mass is 10.1. The molecule has 4 heterocycles. The van der Waals surface area contributed by atoms with Gasteiger partial charge >= 0.3 is 0 Å². The molecule has 32 heavy (non-hydrogen) atoms. The molecule has 8 heteroatoms. The van der Waals surface area contributed by atoms with E-state index >= 15 is 0 Å². The van der Waals surface area contributed by atoms with Crippen molar-refractivity contribution >= 4 is 17.5 Å². The molecule has 8 nitrogen and oxygen atoms in total. The molecule has 0 radical (unpaired) electrons. The number of nitrogen functional groups attached to an aromatic ring is 1. The van der Waals surface area contributed by atoms with Gasteiger partial charge in [0.25, 0.3) is 5.91 Å². The number of carbonyl (C=O) groups excluding carboxylic acids is 1. The van der Waals surface area contributed by atoms with Gasteiger partial charge in [-0.1, -0.05) is 6.07 Å². The van der Waals surface area contributed by atoms with Crippen molar-refractivity contribution in [2.24, 2.45) is 11.8 Å². The lowest BCUT2D eigenvalue weighted by molar-refractivity contribution is 0.0936. The van der Waals surface area contributed by atoms with Crippen LogP contribution in [-0.2, 0) is 6.42 Å². The van der Waals surface area contributed by atoms with Gasteiger partial charge in [0.2, 0.25) is 0 Å². The first kappa shape index (κ1) is 19.3. The number of fused-ring (bicyclic) bond motifs is 2. The van der Waals surface area contributed by atoms with Crippen LogP contribution in [0.25, 0.3) is 0 Å². The Balaban J connectivity index is 1.13. The van der Waals surface area contributed by atoms with E-state index < -0.39 is 0 Å². The number of aromatic nitrogens is 4. The third kappa shape index (κ3) is 3.30. The summed E-state index contributed by atoms with van der Waals surface area (Å²) in [7, 11) is 0. The number of amides is 1. The molecule has 1 aliphatic heterocycles. The van der Waals surface area contributed by atoms with Crippen LogP contribution in [0, 0.1) is 11.8 Å². The third-order valence-electron chi connectivity index (χ3n) is 7.31. The lowest BCUT2D eigenvalue weighted by Gasteiger charge is -2.20. The number of pyridine rings is 2. The molecule has 2 aliphatic carbocycles. The number of nitrogens with two attached hydrogens (primary N) is 1. The van der Waals surface area contributed by atoms with Crippen LogP contribution in [-0.4, -0.2) is 38.7 Å². The number of piperidine rings is 1. The summed E-state index contributed by atoms with van der Waals surface area (Å²) >= 11 is 0. The summed E-state index contributed by atoms with van der Waals surface area (Å²) in [6.07, 6.45) is 10.1. The summed E-state index contributed by atoms with van der Waals surface area (Å²) < 4.78 is 1.82. The quantitative estimate of drug-likeness (QED) is 0.647. The fourth-order valence-electron chi connectivity index (χ4n) is 5.20. The summed E-state index contributed by atoms with van der Waals surface area (Å²) in [5.74, 6) is 3.26. The van der Waals surface area contributed by atoms with Crippen LogP contribution in [0.1, 0.15) is 58.9 Å². The molecule has 0 spiro atoms. The van der Waals surface area contributed by atoms with Gasteiger partial charge in [-0.15, -0.1) is 0 Å². The smallest absolute Gasteiger partial charge is 0.254 e. The fourth-order valence-corrected chi connectivity index (χ4v) is 5.20. The van der Waals surface area contributed by atoms with Crippen LogP contribution in [0.15, 0.2) is 43.0 Å². The second-order valence-electron chi connectivity index (χ2n) is 9.32. The lowest BCUT2D eigenvalue weighted by Crippen LogP contribution is -2.27. The topological polar surface area (TPSA) is 102 Å². The SMILES string of the molecule is CC(c1ccc(N2CC3CC3C2)nc1)n1cc(C(=O)N[C@@H]2CCc3c2ccnc3N)cn1. The zero-order valence-electron chi connectivity index (χ0n) is 18.1. The molecule has 3 aromatic rings. The normalized spacial score (nSPS) is 24.2. The zero-order chi connectivity index (χ0) is 21.8. The van der Waals surface area contributed by atoms with Gasteiger partial charge in [-0.25, -0.2) is 9.97 Å². The Labute approximate surface area is 186 Å². The van der Waals surface area contributed by atoms with Crippen molar-refractivity contribution < 1.29 is 4.79 Å². The van der Waals surface area contributed by atoms with E-state index in [-0.39, 0.29) is 18.0 Å². The monoisotopic (exact) mass is 429 g/mol. The molecular weight excluding hydrogens is 402 g/mol. The van der Waals surface area contributed by atoms with E-state index in [9.17, 15) is 4.79 Å². The molecule has 0 aromatic carbocycles. The zero-order valence-corrected chi connectivity index (χ0v) is 18.1.